The molecule has 0 saturated carbocycles. The number of aromatic amines is 1. The van der Waals surface area contributed by atoms with E-state index in [4.69, 9.17) is 4.74 Å². The minimum Gasteiger partial charge on any atom is -0.482 e. The van der Waals surface area contributed by atoms with E-state index in [0.717, 1.165) is 22.3 Å². The van der Waals surface area contributed by atoms with Gasteiger partial charge < -0.3 is 20.4 Å². The molecule has 160 valence electrons. The van der Waals surface area contributed by atoms with Crippen molar-refractivity contribution in [2.24, 2.45) is 0 Å². The Morgan fingerprint density at radius 2 is 2.00 bits per heavy atom. The molecule has 32 heavy (non-hydrogen) atoms. The van der Waals surface area contributed by atoms with Crippen molar-refractivity contribution >= 4 is 39.1 Å². The van der Waals surface area contributed by atoms with Crippen LogP contribution in [0, 0.1) is 6.92 Å². The zero-order valence-corrected chi connectivity index (χ0v) is 17.8. The van der Waals surface area contributed by atoms with Crippen LogP contribution in [0.25, 0.3) is 21.3 Å². The number of thiophene rings is 1. The highest BCUT2D eigenvalue weighted by atomic mass is 32.1. The van der Waals surface area contributed by atoms with Gasteiger partial charge in [0.15, 0.2) is 6.61 Å². The molecule has 0 unspecified atom stereocenters. The van der Waals surface area contributed by atoms with Crippen LogP contribution in [0.5, 0.6) is 5.75 Å². The van der Waals surface area contributed by atoms with Gasteiger partial charge in [0, 0.05) is 17.5 Å². The Morgan fingerprint density at radius 3 is 2.81 bits per heavy atom. The number of anilines is 1. The third-order valence-electron chi connectivity index (χ3n) is 5.15. The first-order chi connectivity index (χ1) is 15.5. The van der Waals surface area contributed by atoms with Crippen LogP contribution in [0.1, 0.15) is 21.7 Å². The predicted octanol–water partition coefficient (Wildman–Crippen LogP) is 3.22. The minimum absolute atomic E-state index is 0.0149. The zero-order valence-electron chi connectivity index (χ0n) is 17.0. The van der Waals surface area contributed by atoms with Gasteiger partial charge in [-0.1, -0.05) is 35.9 Å². The fraction of sp³-hybridized carbons (Fsp3) is 0.130. The Morgan fingerprint density at radius 1 is 1.19 bits per heavy atom. The average Bonchev–Trinajstić information content (AvgIpc) is 3.22. The van der Waals surface area contributed by atoms with Gasteiger partial charge in [-0.25, -0.2) is 4.98 Å². The number of nitrogens with zero attached hydrogens (tertiary/aromatic N) is 1. The van der Waals surface area contributed by atoms with Crippen LogP contribution in [-0.2, 0) is 11.3 Å². The normalized spacial score (nSPS) is 12.7. The summed E-state index contributed by atoms with van der Waals surface area (Å²) in [6, 6.07) is 13.2. The van der Waals surface area contributed by atoms with Gasteiger partial charge in [0.25, 0.3) is 17.4 Å². The molecule has 2 aromatic heterocycles. The lowest BCUT2D eigenvalue weighted by molar-refractivity contribution is -0.118. The second-order valence-electron chi connectivity index (χ2n) is 7.46. The van der Waals surface area contributed by atoms with Crippen LogP contribution < -0.4 is 20.9 Å². The monoisotopic (exact) mass is 446 g/mol. The summed E-state index contributed by atoms with van der Waals surface area (Å²) in [6.07, 6.45) is 0. The number of aryl methyl sites for hydroxylation is 1. The Labute approximate surface area is 186 Å². The van der Waals surface area contributed by atoms with E-state index in [0.29, 0.717) is 21.7 Å². The Kier molecular flexibility index (Phi) is 4.95. The number of fused-ring (bicyclic) bond motifs is 2. The summed E-state index contributed by atoms with van der Waals surface area (Å²) < 4.78 is 5.33. The molecular weight excluding hydrogens is 428 g/mol. The van der Waals surface area contributed by atoms with Gasteiger partial charge in [-0.2, -0.15) is 0 Å². The molecule has 5 rings (SSSR count). The number of benzene rings is 2. The van der Waals surface area contributed by atoms with E-state index in [1.807, 2.05) is 36.6 Å². The summed E-state index contributed by atoms with van der Waals surface area (Å²) in [5, 5.41) is 7.83. The zero-order chi connectivity index (χ0) is 22.2. The number of rotatable bonds is 4. The minimum atomic E-state index is -0.493. The topological polar surface area (TPSA) is 113 Å². The molecule has 8 nitrogen and oxygen atoms in total. The molecule has 0 aliphatic carbocycles. The fourth-order valence-electron chi connectivity index (χ4n) is 3.51. The van der Waals surface area contributed by atoms with Gasteiger partial charge in [0.05, 0.1) is 11.1 Å². The summed E-state index contributed by atoms with van der Waals surface area (Å²) in [5.74, 6) is -0.186. The second-order valence-corrected chi connectivity index (χ2v) is 8.32. The molecule has 0 atom stereocenters. The van der Waals surface area contributed by atoms with Gasteiger partial charge in [-0.05, 0) is 30.2 Å². The molecule has 4 aromatic rings. The number of nitrogens with one attached hydrogen (secondary N) is 3. The van der Waals surface area contributed by atoms with Gasteiger partial charge in [-0.15, -0.1) is 11.3 Å². The molecule has 0 fully saturated rings. The first-order valence-electron chi connectivity index (χ1n) is 9.90. The number of amides is 2. The first kappa shape index (κ1) is 20.0. The Bertz CT molecular complexity index is 1420. The van der Waals surface area contributed by atoms with E-state index < -0.39 is 5.91 Å². The van der Waals surface area contributed by atoms with Crippen LogP contribution >= 0.6 is 11.3 Å². The highest BCUT2D eigenvalue weighted by Crippen LogP contribution is 2.31. The Hall–Kier alpha value is -3.98. The molecular formula is C23H18N4O4S. The summed E-state index contributed by atoms with van der Waals surface area (Å²) in [4.78, 5) is 44.4. The van der Waals surface area contributed by atoms with E-state index in [2.05, 4.69) is 20.6 Å². The number of carbonyl (C=O) groups excluding carboxylic acids is 2. The van der Waals surface area contributed by atoms with Crippen molar-refractivity contribution in [2.45, 2.75) is 13.5 Å². The van der Waals surface area contributed by atoms with Crippen molar-refractivity contribution in [3.63, 3.8) is 0 Å². The van der Waals surface area contributed by atoms with Crippen molar-refractivity contribution < 1.29 is 14.3 Å². The quantitative estimate of drug-likeness (QED) is 0.446. The summed E-state index contributed by atoms with van der Waals surface area (Å²) in [6.45, 7) is 2.18. The van der Waals surface area contributed by atoms with Crippen LogP contribution in [0.4, 0.5) is 5.69 Å². The predicted molar refractivity (Wildman–Crippen MR) is 122 cm³/mol. The van der Waals surface area contributed by atoms with E-state index >= 15 is 0 Å². The highest BCUT2D eigenvalue weighted by Gasteiger charge is 2.18. The number of hydrogen-bond donors (Lipinski definition) is 3. The maximum atomic E-state index is 12.8. The third-order valence-corrected chi connectivity index (χ3v) is 6.02. The molecule has 2 amide bonds. The van der Waals surface area contributed by atoms with E-state index in [1.54, 1.807) is 18.2 Å². The van der Waals surface area contributed by atoms with Crippen molar-refractivity contribution in [1.29, 1.82) is 0 Å². The maximum absolute atomic E-state index is 12.8. The summed E-state index contributed by atoms with van der Waals surface area (Å²) >= 11 is 1.32. The number of aromatic nitrogens is 2. The summed E-state index contributed by atoms with van der Waals surface area (Å²) in [7, 11) is 0. The standard InChI is InChI=1S/C23H18N4O4S/c1-12-2-5-14(6-3-12)15-11-32-23-19(15)21(29)26-20(27-23)22(30)24-9-13-4-7-17-16(8-13)25-18(28)10-31-17/h2-8,11H,9-10H2,1H3,(H,24,30)(H,25,28)(H,26,27,29). The van der Waals surface area contributed by atoms with E-state index in [-0.39, 0.29) is 30.4 Å². The molecule has 3 heterocycles. The van der Waals surface area contributed by atoms with Gasteiger partial charge in [0.2, 0.25) is 5.82 Å². The lowest BCUT2D eigenvalue weighted by Crippen LogP contribution is -2.28. The molecule has 1 aliphatic heterocycles. The molecule has 0 bridgehead atoms. The number of hydrogen-bond acceptors (Lipinski definition) is 6. The smallest absolute Gasteiger partial charge is 0.287 e. The molecule has 3 N–H and O–H groups in total. The van der Waals surface area contributed by atoms with Crippen LogP contribution in [0.3, 0.4) is 0 Å². The molecule has 9 heteroatoms. The number of H-pyrrole nitrogens is 1. The van der Waals surface area contributed by atoms with E-state index in [1.165, 1.54) is 11.3 Å². The molecule has 0 saturated heterocycles. The maximum Gasteiger partial charge on any atom is 0.287 e. The highest BCUT2D eigenvalue weighted by molar-refractivity contribution is 7.17. The fourth-order valence-corrected chi connectivity index (χ4v) is 4.46. The van der Waals surface area contributed by atoms with Crippen LogP contribution in [-0.4, -0.2) is 28.4 Å². The van der Waals surface area contributed by atoms with Crippen LogP contribution in [0.15, 0.2) is 52.6 Å². The van der Waals surface area contributed by atoms with Crippen molar-refractivity contribution in [1.82, 2.24) is 15.3 Å². The van der Waals surface area contributed by atoms with Gasteiger partial charge in [-0.3, -0.25) is 14.4 Å². The molecule has 2 aromatic carbocycles. The molecule has 1 aliphatic rings. The SMILES string of the molecule is Cc1ccc(-c2csc3nc(C(=O)NCc4ccc5c(c4)NC(=O)CO5)[nH]c(=O)c23)cc1. The van der Waals surface area contributed by atoms with Crippen molar-refractivity contribution in [3.05, 3.63) is 75.1 Å². The van der Waals surface area contributed by atoms with Crippen molar-refractivity contribution in [2.75, 3.05) is 11.9 Å². The number of ether oxygens (including phenoxy) is 1. The van der Waals surface area contributed by atoms with Gasteiger partial charge >= 0.3 is 0 Å². The Balaban J connectivity index is 1.36. The molecule has 0 spiro atoms. The number of carbonyl (C=O) groups is 2. The average molecular weight is 446 g/mol. The van der Waals surface area contributed by atoms with E-state index in [9.17, 15) is 14.4 Å². The van der Waals surface area contributed by atoms with Gasteiger partial charge in [0.1, 0.15) is 10.6 Å². The first-order valence-corrected chi connectivity index (χ1v) is 10.8. The third kappa shape index (κ3) is 3.74. The second kappa shape index (κ2) is 7.93. The van der Waals surface area contributed by atoms with Crippen LogP contribution in [0.2, 0.25) is 0 Å². The van der Waals surface area contributed by atoms with Crippen molar-refractivity contribution in [3.8, 4) is 16.9 Å². The largest absolute Gasteiger partial charge is 0.482 e. The lowest BCUT2D eigenvalue weighted by Gasteiger charge is -2.18. The molecule has 0 radical (unpaired) electrons. The lowest BCUT2D eigenvalue weighted by atomic mass is 10.1. The summed E-state index contributed by atoms with van der Waals surface area (Å²) in [5.41, 5.74) is 3.82.